The standard InChI is InChI=1S/C27H28Cl3N3O4S/c1-3-24(27(35)31-4-2)32(17-19-10-12-20(28)13-11-19)26(34)18-33(25-16-21(29)14-15-23(25)30)38(36,37)22-8-6-5-7-9-22/h5-16,24H,3-4,17-18H2,1-2H3,(H,31,35)/t24-/m1/s1. The minimum atomic E-state index is -4.24. The van der Waals surface area contributed by atoms with Gasteiger partial charge in [0.2, 0.25) is 11.8 Å². The topological polar surface area (TPSA) is 86.8 Å². The molecule has 7 nitrogen and oxygen atoms in total. The number of nitrogens with zero attached hydrogens (tertiary/aromatic N) is 2. The Morgan fingerprint density at radius 1 is 0.895 bits per heavy atom. The maximum atomic E-state index is 13.9. The molecule has 3 rings (SSSR count). The molecule has 0 saturated heterocycles. The fourth-order valence-corrected chi connectivity index (χ4v) is 5.92. The van der Waals surface area contributed by atoms with E-state index in [1.807, 2.05) is 0 Å². The molecular weight excluding hydrogens is 569 g/mol. The Morgan fingerprint density at radius 2 is 1.53 bits per heavy atom. The van der Waals surface area contributed by atoms with Crippen LogP contribution in [0, 0.1) is 0 Å². The first-order chi connectivity index (χ1) is 18.1. The summed E-state index contributed by atoms with van der Waals surface area (Å²) in [5, 5.41) is 3.63. The van der Waals surface area contributed by atoms with Crippen LogP contribution < -0.4 is 9.62 Å². The van der Waals surface area contributed by atoms with Crippen molar-refractivity contribution >= 4 is 62.3 Å². The van der Waals surface area contributed by atoms with Gasteiger partial charge in [0.25, 0.3) is 10.0 Å². The van der Waals surface area contributed by atoms with Gasteiger partial charge in [0.15, 0.2) is 0 Å². The summed E-state index contributed by atoms with van der Waals surface area (Å²) >= 11 is 18.6. The van der Waals surface area contributed by atoms with Crippen LogP contribution >= 0.6 is 34.8 Å². The van der Waals surface area contributed by atoms with Gasteiger partial charge in [-0.15, -0.1) is 0 Å². The number of amides is 2. The number of carbonyl (C=O) groups is 2. The summed E-state index contributed by atoms with van der Waals surface area (Å²) in [6, 6.07) is 18.1. The monoisotopic (exact) mass is 595 g/mol. The Balaban J connectivity index is 2.08. The van der Waals surface area contributed by atoms with Crippen LogP contribution in [0.1, 0.15) is 25.8 Å². The number of halogens is 3. The van der Waals surface area contributed by atoms with E-state index in [4.69, 9.17) is 34.8 Å². The van der Waals surface area contributed by atoms with Gasteiger partial charge in [0, 0.05) is 23.1 Å². The van der Waals surface area contributed by atoms with Crippen LogP contribution in [0.3, 0.4) is 0 Å². The van der Waals surface area contributed by atoms with Gasteiger partial charge in [0.05, 0.1) is 15.6 Å². The van der Waals surface area contributed by atoms with Gasteiger partial charge in [0.1, 0.15) is 12.6 Å². The van der Waals surface area contributed by atoms with E-state index < -0.39 is 28.5 Å². The molecule has 1 N–H and O–H groups in total. The molecule has 0 aliphatic carbocycles. The Labute approximate surface area is 238 Å². The molecular formula is C27H28Cl3N3O4S. The fraction of sp³-hybridized carbons (Fsp3) is 0.259. The third-order valence-corrected chi connectivity index (χ3v) is 8.37. The summed E-state index contributed by atoms with van der Waals surface area (Å²) in [5.41, 5.74) is 0.776. The van der Waals surface area contributed by atoms with E-state index in [0.717, 1.165) is 9.87 Å². The lowest BCUT2D eigenvalue weighted by Gasteiger charge is -2.33. The molecule has 0 unspecified atom stereocenters. The highest BCUT2D eigenvalue weighted by Gasteiger charge is 2.34. The van der Waals surface area contributed by atoms with Gasteiger partial charge in [-0.1, -0.05) is 72.1 Å². The zero-order valence-corrected chi connectivity index (χ0v) is 24.0. The first-order valence-electron chi connectivity index (χ1n) is 11.9. The van der Waals surface area contributed by atoms with Gasteiger partial charge in [-0.2, -0.15) is 0 Å². The zero-order chi connectivity index (χ0) is 27.9. The molecule has 38 heavy (non-hydrogen) atoms. The van der Waals surface area contributed by atoms with Gasteiger partial charge >= 0.3 is 0 Å². The summed E-state index contributed by atoms with van der Waals surface area (Å²) < 4.78 is 28.5. The third-order valence-electron chi connectivity index (χ3n) is 5.79. The van der Waals surface area contributed by atoms with Crippen molar-refractivity contribution in [2.75, 3.05) is 17.4 Å². The maximum Gasteiger partial charge on any atom is 0.264 e. The minimum Gasteiger partial charge on any atom is -0.355 e. The first kappa shape index (κ1) is 29.8. The summed E-state index contributed by atoms with van der Waals surface area (Å²) in [6.07, 6.45) is 0.314. The summed E-state index contributed by atoms with van der Waals surface area (Å²) in [7, 11) is -4.24. The van der Waals surface area contributed by atoms with E-state index >= 15 is 0 Å². The highest BCUT2D eigenvalue weighted by Crippen LogP contribution is 2.33. The van der Waals surface area contributed by atoms with Crippen LogP contribution in [0.5, 0.6) is 0 Å². The fourth-order valence-electron chi connectivity index (χ4n) is 3.91. The van der Waals surface area contributed by atoms with Gasteiger partial charge in [-0.25, -0.2) is 8.42 Å². The number of rotatable bonds is 11. The van der Waals surface area contributed by atoms with Crippen molar-refractivity contribution in [2.24, 2.45) is 0 Å². The van der Waals surface area contributed by atoms with Crippen molar-refractivity contribution in [3.05, 3.63) is 93.4 Å². The van der Waals surface area contributed by atoms with Crippen molar-refractivity contribution in [3.8, 4) is 0 Å². The van der Waals surface area contributed by atoms with E-state index in [0.29, 0.717) is 18.0 Å². The van der Waals surface area contributed by atoms with E-state index in [1.165, 1.54) is 35.2 Å². The number of carbonyl (C=O) groups excluding carboxylic acids is 2. The minimum absolute atomic E-state index is 0.0242. The molecule has 0 aromatic heterocycles. The normalized spacial score (nSPS) is 12.0. The molecule has 3 aromatic rings. The predicted molar refractivity (Wildman–Crippen MR) is 152 cm³/mol. The molecule has 1 atom stereocenters. The lowest BCUT2D eigenvalue weighted by atomic mass is 10.1. The molecule has 0 spiro atoms. The highest BCUT2D eigenvalue weighted by molar-refractivity contribution is 7.92. The van der Waals surface area contributed by atoms with E-state index in [2.05, 4.69) is 5.32 Å². The van der Waals surface area contributed by atoms with E-state index in [1.54, 1.807) is 56.3 Å². The molecule has 0 radical (unpaired) electrons. The number of nitrogens with one attached hydrogen (secondary N) is 1. The SMILES string of the molecule is CCNC(=O)[C@@H](CC)N(Cc1ccc(Cl)cc1)C(=O)CN(c1cc(Cl)ccc1Cl)S(=O)(=O)c1ccccc1. The molecule has 202 valence electrons. The summed E-state index contributed by atoms with van der Waals surface area (Å²) in [4.78, 5) is 28.2. The second-order valence-electron chi connectivity index (χ2n) is 8.39. The predicted octanol–water partition coefficient (Wildman–Crippen LogP) is 5.79. The second kappa shape index (κ2) is 13.3. The second-order valence-corrected chi connectivity index (χ2v) is 11.5. The number of sulfonamides is 1. The summed E-state index contributed by atoms with van der Waals surface area (Å²) in [5.74, 6) is -0.927. The number of benzene rings is 3. The Hall–Kier alpha value is -2.78. The summed E-state index contributed by atoms with van der Waals surface area (Å²) in [6.45, 7) is 3.40. The van der Waals surface area contributed by atoms with Crippen molar-refractivity contribution in [3.63, 3.8) is 0 Å². The lowest BCUT2D eigenvalue weighted by molar-refractivity contribution is -0.140. The number of hydrogen-bond donors (Lipinski definition) is 1. The molecule has 0 aliphatic heterocycles. The average molecular weight is 597 g/mol. The molecule has 0 aliphatic rings. The van der Waals surface area contributed by atoms with Crippen molar-refractivity contribution < 1.29 is 18.0 Å². The van der Waals surface area contributed by atoms with Crippen molar-refractivity contribution in [2.45, 2.75) is 37.8 Å². The van der Waals surface area contributed by atoms with Crippen molar-refractivity contribution in [1.82, 2.24) is 10.2 Å². The molecule has 11 heteroatoms. The number of likely N-dealkylation sites (N-methyl/N-ethyl adjacent to an activating group) is 1. The zero-order valence-electron chi connectivity index (χ0n) is 20.9. The van der Waals surface area contributed by atoms with Gasteiger partial charge < -0.3 is 10.2 Å². The molecule has 0 bridgehead atoms. The van der Waals surface area contributed by atoms with Crippen LogP contribution in [0.4, 0.5) is 5.69 Å². The molecule has 2 amide bonds. The van der Waals surface area contributed by atoms with Crippen LogP contribution in [0.25, 0.3) is 0 Å². The molecule has 0 heterocycles. The Bertz CT molecular complexity index is 1370. The average Bonchev–Trinajstić information content (AvgIpc) is 2.90. The molecule has 0 saturated carbocycles. The third kappa shape index (κ3) is 7.20. The maximum absolute atomic E-state index is 13.9. The first-order valence-corrected chi connectivity index (χ1v) is 14.5. The van der Waals surface area contributed by atoms with Crippen LogP contribution in [-0.2, 0) is 26.2 Å². The smallest absolute Gasteiger partial charge is 0.264 e. The Morgan fingerprint density at radius 3 is 2.13 bits per heavy atom. The van der Waals surface area contributed by atoms with Crippen LogP contribution in [-0.4, -0.2) is 44.3 Å². The van der Waals surface area contributed by atoms with E-state index in [-0.39, 0.29) is 33.1 Å². The Kier molecular flexibility index (Phi) is 10.4. The number of anilines is 1. The van der Waals surface area contributed by atoms with Crippen molar-refractivity contribution in [1.29, 1.82) is 0 Å². The molecule has 0 fully saturated rings. The largest absolute Gasteiger partial charge is 0.355 e. The van der Waals surface area contributed by atoms with Gasteiger partial charge in [-0.3, -0.25) is 13.9 Å². The van der Waals surface area contributed by atoms with Crippen LogP contribution in [0.2, 0.25) is 15.1 Å². The quantitative estimate of drug-likeness (QED) is 0.304. The highest BCUT2D eigenvalue weighted by atomic mass is 35.5. The lowest BCUT2D eigenvalue weighted by Crippen LogP contribution is -2.52. The number of hydrogen-bond acceptors (Lipinski definition) is 4. The van der Waals surface area contributed by atoms with Crippen LogP contribution in [0.15, 0.2) is 77.7 Å². The van der Waals surface area contributed by atoms with Gasteiger partial charge in [-0.05, 0) is 61.4 Å². The molecule has 3 aromatic carbocycles. The van der Waals surface area contributed by atoms with E-state index in [9.17, 15) is 18.0 Å².